The number of hydrogen-bond donors (Lipinski definition) is 0. The zero-order valence-electron chi connectivity index (χ0n) is 21.7. The van der Waals surface area contributed by atoms with Crippen molar-refractivity contribution in [3.63, 3.8) is 0 Å². The highest BCUT2D eigenvalue weighted by molar-refractivity contribution is 5.81. The fourth-order valence-corrected chi connectivity index (χ4v) is 4.60. The summed E-state index contributed by atoms with van der Waals surface area (Å²) in [6.07, 6.45) is 0. The van der Waals surface area contributed by atoms with E-state index < -0.39 is 0 Å². The molecule has 0 aromatic rings. The molecule has 4 saturated heterocycles. The van der Waals surface area contributed by atoms with E-state index in [0.29, 0.717) is 39.5 Å². The quantitative estimate of drug-likeness (QED) is 0.219. The monoisotopic (exact) mass is 512 g/mol. The Kier molecular flexibility index (Phi) is 12.3. The van der Waals surface area contributed by atoms with E-state index in [-0.39, 0.29) is 0 Å². The van der Waals surface area contributed by atoms with Crippen molar-refractivity contribution in [2.75, 3.05) is 145 Å². The molecule has 0 saturated carbocycles. The molecule has 206 valence electrons. The van der Waals surface area contributed by atoms with E-state index in [4.69, 9.17) is 38.4 Å². The molecule has 12 nitrogen and oxygen atoms in total. The zero-order valence-corrected chi connectivity index (χ0v) is 21.7. The zero-order chi connectivity index (χ0) is 24.7. The summed E-state index contributed by atoms with van der Waals surface area (Å²) in [7, 11) is 0. The second-order valence-corrected chi connectivity index (χ2v) is 8.99. The molecule has 4 aliphatic heterocycles. The van der Waals surface area contributed by atoms with Crippen LogP contribution in [0, 0.1) is 0 Å². The topological polar surface area (TPSA) is 93.1 Å². The molecule has 4 fully saturated rings. The Morgan fingerprint density at radius 2 is 0.722 bits per heavy atom. The van der Waals surface area contributed by atoms with Crippen LogP contribution in [0.25, 0.3) is 0 Å². The molecule has 0 radical (unpaired) electrons. The summed E-state index contributed by atoms with van der Waals surface area (Å²) < 4.78 is 33.6. The molecule has 0 aromatic carbocycles. The van der Waals surface area contributed by atoms with Gasteiger partial charge in [-0.25, -0.2) is 0 Å². The van der Waals surface area contributed by atoms with Crippen molar-refractivity contribution >= 4 is 11.9 Å². The van der Waals surface area contributed by atoms with Crippen LogP contribution in [0.2, 0.25) is 0 Å². The SMILES string of the molecule is C(COCCOCCN=C(N1CCOCC1)N1CCOCC1)N=C(N1CCOCC1)N1CCOCC1. The first-order chi connectivity index (χ1) is 17.9. The molecule has 0 aromatic heterocycles. The maximum absolute atomic E-state index is 5.78. The molecule has 36 heavy (non-hydrogen) atoms. The van der Waals surface area contributed by atoms with Crippen LogP contribution in [0.5, 0.6) is 0 Å². The van der Waals surface area contributed by atoms with Gasteiger partial charge in [0.1, 0.15) is 0 Å². The highest BCUT2D eigenvalue weighted by Crippen LogP contribution is 2.08. The van der Waals surface area contributed by atoms with E-state index >= 15 is 0 Å². The largest absolute Gasteiger partial charge is 0.378 e. The Morgan fingerprint density at radius 1 is 0.444 bits per heavy atom. The first-order valence-corrected chi connectivity index (χ1v) is 13.5. The molecular weight excluding hydrogens is 468 g/mol. The van der Waals surface area contributed by atoms with Gasteiger partial charge in [-0.3, -0.25) is 9.98 Å². The summed E-state index contributed by atoms with van der Waals surface area (Å²) >= 11 is 0. The minimum absolute atomic E-state index is 0.559. The van der Waals surface area contributed by atoms with Gasteiger partial charge < -0.3 is 48.0 Å². The van der Waals surface area contributed by atoms with Crippen LogP contribution in [0.1, 0.15) is 0 Å². The molecule has 0 atom stereocenters. The molecule has 4 heterocycles. The third kappa shape index (κ3) is 9.00. The normalized spacial score (nSPS) is 21.4. The van der Waals surface area contributed by atoms with Crippen molar-refractivity contribution in [1.82, 2.24) is 19.6 Å². The second-order valence-electron chi connectivity index (χ2n) is 8.99. The van der Waals surface area contributed by atoms with Gasteiger partial charge in [0.2, 0.25) is 0 Å². The number of morpholine rings is 4. The van der Waals surface area contributed by atoms with Crippen LogP contribution in [0.3, 0.4) is 0 Å². The molecule has 0 N–H and O–H groups in total. The fourth-order valence-electron chi connectivity index (χ4n) is 4.60. The van der Waals surface area contributed by atoms with Crippen LogP contribution in [0.15, 0.2) is 9.98 Å². The second kappa shape index (κ2) is 16.2. The number of nitrogens with zero attached hydrogens (tertiary/aromatic N) is 6. The summed E-state index contributed by atoms with van der Waals surface area (Å²) in [5.41, 5.74) is 0. The van der Waals surface area contributed by atoms with Gasteiger partial charge in [-0.05, 0) is 0 Å². The van der Waals surface area contributed by atoms with Crippen molar-refractivity contribution in [2.24, 2.45) is 9.98 Å². The maximum Gasteiger partial charge on any atom is 0.196 e. The number of aliphatic imine (C=N–C) groups is 2. The molecule has 4 rings (SSSR count). The summed E-state index contributed by atoms with van der Waals surface area (Å²) in [6, 6.07) is 0. The number of guanidine groups is 2. The number of hydrogen-bond acceptors (Lipinski definition) is 8. The number of rotatable bonds is 9. The van der Waals surface area contributed by atoms with E-state index in [1.807, 2.05) is 0 Å². The van der Waals surface area contributed by atoms with Gasteiger partial charge in [-0.2, -0.15) is 0 Å². The molecule has 12 heteroatoms. The van der Waals surface area contributed by atoms with Crippen LogP contribution >= 0.6 is 0 Å². The van der Waals surface area contributed by atoms with Crippen molar-refractivity contribution in [3.8, 4) is 0 Å². The summed E-state index contributed by atoms with van der Waals surface area (Å²) in [5, 5.41) is 0. The van der Waals surface area contributed by atoms with Gasteiger partial charge >= 0.3 is 0 Å². The highest BCUT2D eigenvalue weighted by atomic mass is 16.5. The minimum atomic E-state index is 0.559. The Bertz CT molecular complexity index is 563. The maximum atomic E-state index is 5.78. The van der Waals surface area contributed by atoms with Gasteiger partial charge in [-0.1, -0.05) is 0 Å². The standard InChI is InChI=1S/C24H44N6O6/c1(25-23(27-3-13-33-14-4-27)28-5-15-34-16-6-28)11-31-21-22-32-12-2-26-24(29-7-17-35-18-8-29)30-9-19-36-20-10-30/h1-22H2. The average Bonchev–Trinajstić information content (AvgIpc) is 2.96. The third-order valence-corrected chi connectivity index (χ3v) is 6.53. The van der Waals surface area contributed by atoms with E-state index in [0.717, 1.165) is 117 Å². The summed E-state index contributed by atoms with van der Waals surface area (Å²) in [6.45, 7) is 16.6. The van der Waals surface area contributed by atoms with Crippen molar-refractivity contribution < 1.29 is 28.4 Å². The van der Waals surface area contributed by atoms with Crippen molar-refractivity contribution in [3.05, 3.63) is 0 Å². The van der Waals surface area contributed by atoms with Gasteiger partial charge in [0, 0.05) is 52.4 Å². The van der Waals surface area contributed by atoms with Gasteiger partial charge in [0.15, 0.2) is 11.9 Å². The summed E-state index contributed by atoms with van der Waals surface area (Å²) in [4.78, 5) is 19.0. The van der Waals surface area contributed by atoms with Gasteiger partial charge in [0.25, 0.3) is 0 Å². The minimum Gasteiger partial charge on any atom is -0.378 e. The Hall–Kier alpha value is -1.70. The van der Waals surface area contributed by atoms with Crippen LogP contribution < -0.4 is 0 Å². The third-order valence-electron chi connectivity index (χ3n) is 6.53. The predicted molar refractivity (Wildman–Crippen MR) is 136 cm³/mol. The molecule has 0 spiro atoms. The lowest BCUT2D eigenvalue weighted by atomic mass is 10.4. The molecule has 0 amide bonds. The van der Waals surface area contributed by atoms with Gasteiger partial charge in [0.05, 0.1) is 92.4 Å². The van der Waals surface area contributed by atoms with E-state index in [1.165, 1.54) is 0 Å². The van der Waals surface area contributed by atoms with E-state index in [9.17, 15) is 0 Å². The van der Waals surface area contributed by atoms with Crippen molar-refractivity contribution in [1.29, 1.82) is 0 Å². The van der Waals surface area contributed by atoms with Crippen LogP contribution in [-0.4, -0.2) is 176 Å². The van der Waals surface area contributed by atoms with E-state index in [1.54, 1.807) is 0 Å². The lowest BCUT2D eigenvalue weighted by Crippen LogP contribution is -2.52. The molecular formula is C24H44N6O6. The Labute approximate surface area is 215 Å². The molecule has 0 unspecified atom stereocenters. The first kappa shape index (κ1) is 27.3. The Balaban J connectivity index is 1.12. The highest BCUT2D eigenvalue weighted by Gasteiger charge is 2.23. The number of ether oxygens (including phenoxy) is 6. The average molecular weight is 513 g/mol. The predicted octanol–water partition coefficient (Wildman–Crippen LogP) is -0.940. The summed E-state index contributed by atoms with van der Waals surface area (Å²) in [5.74, 6) is 2.10. The van der Waals surface area contributed by atoms with E-state index in [2.05, 4.69) is 19.6 Å². The first-order valence-electron chi connectivity index (χ1n) is 13.5. The van der Waals surface area contributed by atoms with Crippen LogP contribution in [-0.2, 0) is 28.4 Å². The lowest BCUT2D eigenvalue weighted by Gasteiger charge is -2.38. The Morgan fingerprint density at radius 3 is 1.00 bits per heavy atom. The fraction of sp³-hybridized carbons (Fsp3) is 0.917. The van der Waals surface area contributed by atoms with Crippen molar-refractivity contribution in [2.45, 2.75) is 0 Å². The van der Waals surface area contributed by atoms with Gasteiger partial charge in [-0.15, -0.1) is 0 Å². The molecule has 0 aliphatic carbocycles. The molecule has 4 aliphatic rings. The molecule has 0 bridgehead atoms. The van der Waals surface area contributed by atoms with Crippen LogP contribution in [0.4, 0.5) is 0 Å². The lowest BCUT2D eigenvalue weighted by molar-refractivity contribution is 0.0398. The smallest absolute Gasteiger partial charge is 0.196 e.